The lowest BCUT2D eigenvalue weighted by molar-refractivity contribution is -0.135. The van der Waals surface area contributed by atoms with E-state index in [4.69, 9.17) is 16.3 Å². The van der Waals surface area contributed by atoms with Crippen molar-refractivity contribution in [1.29, 1.82) is 0 Å². The van der Waals surface area contributed by atoms with Crippen molar-refractivity contribution in [3.8, 4) is 5.75 Å². The number of ether oxygens (including phenoxy) is 1. The predicted octanol–water partition coefficient (Wildman–Crippen LogP) is 4.21. The molecule has 0 bridgehead atoms. The van der Waals surface area contributed by atoms with E-state index in [9.17, 15) is 4.79 Å². The maximum Gasteiger partial charge on any atom is 0.331 e. The molecule has 3 rings (SSSR count). The fraction of sp³-hybridized carbons (Fsp3) is 0.118. The number of benzene rings is 2. The molecule has 0 radical (unpaired) electrons. The van der Waals surface area contributed by atoms with Gasteiger partial charge < -0.3 is 9.30 Å². The van der Waals surface area contributed by atoms with E-state index < -0.39 is 0 Å². The number of aromatic nitrogens is 1. The minimum absolute atomic E-state index is 0.183. The molecule has 1 aromatic heterocycles. The molecule has 0 aliphatic heterocycles. The number of fused-ring (bicyclic) bond motifs is 1. The van der Waals surface area contributed by atoms with E-state index in [2.05, 4.69) is 6.07 Å². The van der Waals surface area contributed by atoms with Crippen LogP contribution in [0.25, 0.3) is 10.9 Å². The van der Waals surface area contributed by atoms with Gasteiger partial charge in [-0.3, -0.25) is 0 Å². The Morgan fingerprint density at radius 1 is 1.14 bits per heavy atom. The summed E-state index contributed by atoms with van der Waals surface area (Å²) in [7, 11) is 0. The minimum atomic E-state index is -0.304. The maximum absolute atomic E-state index is 12.1. The van der Waals surface area contributed by atoms with Crippen LogP contribution in [0.4, 0.5) is 0 Å². The average molecular weight is 300 g/mol. The lowest BCUT2D eigenvalue weighted by atomic mass is 10.2. The van der Waals surface area contributed by atoms with Crippen LogP contribution >= 0.6 is 11.6 Å². The summed E-state index contributed by atoms with van der Waals surface area (Å²) in [5.74, 6) is 0.195. The largest absolute Gasteiger partial charge is 0.425 e. The van der Waals surface area contributed by atoms with E-state index in [0.717, 1.165) is 16.6 Å². The Kier molecular flexibility index (Phi) is 3.67. The quantitative estimate of drug-likeness (QED) is 0.536. The second-order valence-corrected chi connectivity index (χ2v) is 5.30. The minimum Gasteiger partial charge on any atom is -0.425 e. The first-order valence-electron chi connectivity index (χ1n) is 6.64. The predicted molar refractivity (Wildman–Crippen MR) is 83.8 cm³/mol. The number of hydrogen-bond acceptors (Lipinski definition) is 2. The second-order valence-electron chi connectivity index (χ2n) is 4.86. The first kappa shape index (κ1) is 13.7. The van der Waals surface area contributed by atoms with Crippen molar-refractivity contribution in [3.05, 3.63) is 65.3 Å². The fourth-order valence-corrected chi connectivity index (χ4v) is 2.48. The summed E-state index contributed by atoms with van der Waals surface area (Å²) in [5, 5.41) is 1.73. The zero-order valence-corrected chi connectivity index (χ0v) is 12.3. The highest BCUT2D eigenvalue weighted by Crippen LogP contribution is 2.20. The first-order chi connectivity index (χ1) is 10.1. The average Bonchev–Trinajstić information content (AvgIpc) is 2.78. The van der Waals surface area contributed by atoms with Crippen molar-refractivity contribution < 1.29 is 9.53 Å². The Bertz CT molecular complexity index is 790. The molecule has 0 amide bonds. The summed E-state index contributed by atoms with van der Waals surface area (Å²) in [5.41, 5.74) is 2.06. The van der Waals surface area contributed by atoms with Gasteiger partial charge >= 0.3 is 5.97 Å². The summed E-state index contributed by atoms with van der Waals surface area (Å²) >= 11 is 5.80. The van der Waals surface area contributed by atoms with E-state index in [0.29, 0.717) is 10.8 Å². The van der Waals surface area contributed by atoms with Crippen molar-refractivity contribution in [2.45, 2.75) is 13.5 Å². The molecule has 0 saturated carbocycles. The van der Waals surface area contributed by atoms with Crippen molar-refractivity contribution in [3.63, 3.8) is 0 Å². The van der Waals surface area contributed by atoms with Gasteiger partial charge in [-0.25, -0.2) is 4.79 Å². The van der Waals surface area contributed by atoms with Crippen LogP contribution in [-0.4, -0.2) is 10.5 Å². The number of para-hydroxylation sites is 1. The number of rotatable bonds is 3. The molecular weight excluding hydrogens is 286 g/mol. The molecule has 4 heteroatoms. The number of carbonyl (C=O) groups is 1. The van der Waals surface area contributed by atoms with Crippen LogP contribution < -0.4 is 4.74 Å². The fourth-order valence-electron chi connectivity index (χ4n) is 2.35. The van der Waals surface area contributed by atoms with Crippen molar-refractivity contribution in [2.75, 3.05) is 0 Å². The third-order valence-corrected chi connectivity index (χ3v) is 3.60. The van der Waals surface area contributed by atoms with E-state index in [-0.39, 0.29) is 12.5 Å². The molecule has 0 aliphatic carbocycles. The monoisotopic (exact) mass is 299 g/mol. The van der Waals surface area contributed by atoms with Crippen LogP contribution in [0, 0.1) is 6.92 Å². The van der Waals surface area contributed by atoms with Crippen molar-refractivity contribution in [1.82, 2.24) is 4.57 Å². The zero-order valence-electron chi connectivity index (χ0n) is 11.5. The Balaban J connectivity index is 1.80. The molecule has 21 heavy (non-hydrogen) atoms. The third-order valence-electron chi connectivity index (χ3n) is 3.35. The molecular formula is C17H14ClNO2. The molecule has 0 fully saturated rings. The van der Waals surface area contributed by atoms with Crippen molar-refractivity contribution in [2.24, 2.45) is 0 Å². The lowest BCUT2D eigenvalue weighted by Crippen LogP contribution is -2.16. The van der Waals surface area contributed by atoms with Gasteiger partial charge in [-0.05, 0) is 48.7 Å². The summed E-state index contributed by atoms with van der Waals surface area (Å²) in [6.07, 6.45) is 0. The normalized spacial score (nSPS) is 10.8. The topological polar surface area (TPSA) is 31.2 Å². The van der Waals surface area contributed by atoms with Gasteiger partial charge in [0.05, 0.1) is 0 Å². The molecule has 1 heterocycles. The van der Waals surface area contributed by atoms with E-state index in [1.165, 1.54) is 0 Å². The standard InChI is InChI=1S/C17H14ClNO2/c1-12-10-13-4-2-3-5-16(13)19(12)11-17(20)21-15-8-6-14(18)7-9-15/h2-10H,11H2,1H3. The highest BCUT2D eigenvalue weighted by Gasteiger charge is 2.11. The van der Waals surface area contributed by atoms with Crippen LogP contribution in [0.2, 0.25) is 5.02 Å². The van der Waals surface area contributed by atoms with E-state index >= 15 is 0 Å². The SMILES string of the molecule is Cc1cc2ccccc2n1CC(=O)Oc1ccc(Cl)cc1. The Morgan fingerprint density at radius 3 is 2.62 bits per heavy atom. The molecule has 0 saturated heterocycles. The molecule has 0 unspecified atom stereocenters. The third kappa shape index (κ3) is 2.93. The van der Waals surface area contributed by atoms with Gasteiger partial charge in [0.15, 0.2) is 0 Å². The van der Waals surface area contributed by atoms with E-state index in [1.807, 2.05) is 35.8 Å². The lowest BCUT2D eigenvalue weighted by Gasteiger charge is -2.08. The highest BCUT2D eigenvalue weighted by molar-refractivity contribution is 6.30. The molecule has 106 valence electrons. The highest BCUT2D eigenvalue weighted by atomic mass is 35.5. The Hall–Kier alpha value is -2.26. The second kappa shape index (κ2) is 5.62. The summed E-state index contributed by atoms with van der Waals surface area (Å²) in [6.45, 7) is 2.16. The maximum atomic E-state index is 12.1. The molecule has 2 aromatic carbocycles. The molecule has 0 atom stereocenters. The summed E-state index contributed by atoms with van der Waals surface area (Å²) in [4.78, 5) is 12.1. The number of halogens is 1. The van der Waals surface area contributed by atoms with Crippen LogP contribution in [0.1, 0.15) is 5.69 Å². The molecule has 0 aliphatic rings. The van der Waals surface area contributed by atoms with Gasteiger partial charge in [0.2, 0.25) is 0 Å². The summed E-state index contributed by atoms with van der Waals surface area (Å²) in [6, 6.07) is 16.8. The van der Waals surface area contributed by atoms with Gasteiger partial charge in [0.25, 0.3) is 0 Å². The van der Waals surface area contributed by atoms with Gasteiger partial charge in [0, 0.05) is 16.2 Å². The van der Waals surface area contributed by atoms with Crippen LogP contribution in [0.3, 0.4) is 0 Å². The number of aryl methyl sites for hydroxylation is 1. The Morgan fingerprint density at radius 2 is 1.86 bits per heavy atom. The van der Waals surface area contributed by atoms with Gasteiger partial charge in [-0.2, -0.15) is 0 Å². The molecule has 0 spiro atoms. The molecule has 3 nitrogen and oxygen atoms in total. The molecule has 0 N–H and O–H groups in total. The first-order valence-corrected chi connectivity index (χ1v) is 7.02. The van der Waals surface area contributed by atoms with Gasteiger partial charge in [-0.15, -0.1) is 0 Å². The number of esters is 1. The smallest absolute Gasteiger partial charge is 0.331 e. The van der Waals surface area contributed by atoms with Crippen molar-refractivity contribution >= 4 is 28.5 Å². The number of nitrogens with zero attached hydrogens (tertiary/aromatic N) is 1. The van der Waals surface area contributed by atoms with Crippen LogP contribution in [-0.2, 0) is 11.3 Å². The van der Waals surface area contributed by atoms with E-state index in [1.54, 1.807) is 24.3 Å². The zero-order chi connectivity index (χ0) is 14.8. The van der Waals surface area contributed by atoms with Gasteiger partial charge in [-0.1, -0.05) is 29.8 Å². The number of carbonyl (C=O) groups excluding carboxylic acids is 1. The van der Waals surface area contributed by atoms with Gasteiger partial charge in [0.1, 0.15) is 12.3 Å². The Labute approximate surface area is 127 Å². The molecule has 3 aromatic rings. The van der Waals surface area contributed by atoms with Crippen LogP contribution in [0.5, 0.6) is 5.75 Å². The number of hydrogen-bond donors (Lipinski definition) is 0. The summed E-state index contributed by atoms with van der Waals surface area (Å²) < 4.78 is 7.28. The van der Waals surface area contributed by atoms with Crippen LogP contribution in [0.15, 0.2) is 54.6 Å².